The summed E-state index contributed by atoms with van der Waals surface area (Å²) in [5, 5.41) is 59.1. The van der Waals surface area contributed by atoms with Crippen molar-refractivity contribution in [3.05, 3.63) is 0 Å². The predicted molar refractivity (Wildman–Crippen MR) is 171 cm³/mol. The van der Waals surface area contributed by atoms with Gasteiger partial charge in [-0.2, -0.15) is 0 Å². The van der Waals surface area contributed by atoms with Crippen molar-refractivity contribution in [1.82, 2.24) is 5.32 Å². The standard InChI is InChI=1S/C17H24O11.C16H29NO5/c1-4-17(2,3)16(26)28-6-7(18)5-27-15(25)11-9(13(21)22)8(12(19)20)10(11)14(23)24;1-4-16(2,3)15(21)22-10-13(18)9-17-12-7-5-11(6-8-12)14(19)20/h7-11,18H,4-6H2,1-3H3,(H,19,20)(H,21,22)(H,23,24);11-13,17-18H,4-10H2,1-3H3,(H,19,20). The molecular weight excluding hydrogens is 666 g/mol. The normalized spacial score (nSPS) is 24.6. The number of carbonyl (C=O) groups is 7. The van der Waals surface area contributed by atoms with Crippen LogP contribution < -0.4 is 5.32 Å². The van der Waals surface area contributed by atoms with E-state index in [9.17, 15) is 43.8 Å². The van der Waals surface area contributed by atoms with Gasteiger partial charge in [-0.05, 0) is 66.2 Å². The molecule has 0 spiro atoms. The first-order valence-electron chi connectivity index (χ1n) is 16.6. The lowest BCUT2D eigenvalue weighted by Crippen LogP contribution is -2.60. The van der Waals surface area contributed by atoms with Gasteiger partial charge in [0.1, 0.15) is 32.0 Å². The maximum atomic E-state index is 12.1. The van der Waals surface area contributed by atoms with Gasteiger partial charge in [-0.25, -0.2) is 0 Å². The van der Waals surface area contributed by atoms with Gasteiger partial charge in [-0.3, -0.25) is 33.6 Å². The van der Waals surface area contributed by atoms with Crippen LogP contribution in [0.25, 0.3) is 0 Å². The van der Waals surface area contributed by atoms with Gasteiger partial charge in [-0.15, -0.1) is 0 Å². The molecule has 2 fully saturated rings. The monoisotopic (exact) mass is 719 g/mol. The SMILES string of the molecule is CCC(C)(C)C(=O)OCC(O)CNC1CCC(C(=O)O)CC1.CCC(C)(C)C(=O)OCC(O)COC(=O)C1C(C(=O)O)C(C(=O)O)C1C(=O)O. The lowest BCUT2D eigenvalue weighted by Gasteiger charge is -2.43. The molecule has 50 heavy (non-hydrogen) atoms. The summed E-state index contributed by atoms with van der Waals surface area (Å²) in [7, 11) is 0. The molecule has 17 nitrogen and oxygen atoms in total. The average Bonchev–Trinajstić information content (AvgIpc) is 3.03. The number of hydrogen-bond donors (Lipinski definition) is 7. The minimum absolute atomic E-state index is 0.0142. The largest absolute Gasteiger partial charge is 0.481 e. The summed E-state index contributed by atoms with van der Waals surface area (Å²) in [6, 6.07) is 0.230. The summed E-state index contributed by atoms with van der Waals surface area (Å²) >= 11 is 0. The Labute approximate surface area is 290 Å². The quantitative estimate of drug-likeness (QED) is 0.0773. The first kappa shape index (κ1) is 44.2. The van der Waals surface area contributed by atoms with Gasteiger partial charge in [0.2, 0.25) is 0 Å². The lowest BCUT2D eigenvalue weighted by molar-refractivity contribution is -0.195. The second-order valence-corrected chi connectivity index (χ2v) is 14.0. The highest BCUT2D eigenvalue weighted by Gasteiger charge is 2.64. The van der Waals surface area contributed by atoms with E-state index in [-0.39, 0.29) is 24.5 Å². The third-order valence-electron chi connectivity index (χ3n) is 9.50. The van der Waals surface area contributed by atoms with Crippen molar-refractivity contribution in [2.45, 2.75) is 98.3 Å². The molecule has 0 aromatic rings. The second-order valence-electron chi connectivity index (χ2n) is 14.0. The van der Waals surface area contributed by atoms with Gasteiger partial charge in [0.15, 0.2) is 0 Å². The summed E-state index contributed by atoms with van der Waals surface area (Å²) in [5.41, 5.74) is -1.29. The van der Waals surface area contributed by atoms with Crippen LogP contribution in [0.1, 0.15) is 80.1 Å². The summed E-state index contributed by atoms with van der Waals surface area (Å²) in [4.78, 5) is 80.2. The van der Waals surface area contributed by atoms with Crippen molar-refractivity contribution in [2.24, 2.45) is 40.4 Å². The predicted octanol–water partition coefficient (Wildman–Crippen LogP) is 1.16. The van der Waals surface area contributed by atoms with Crippen molar-refractivity contribution >= 4 is 41.8 Å². The maximum absolute atomic E-state index is 12.1. The van der Waals surface area contributed by atoms with E-state index in [4.69, 9.17) is 34.6 Å². The van der Waals surface area contributed by atoms with Crippen LogP contribution in [0.5, 0.6) is 0 Å². The lowest BCUT2D eigenvalue weighted by atomic mass is 9.56. The van der Waals surface area contributed by atoms with Crippen molar-refractivity contribution in [3.63, 3.8) is 0 Å². The zero-order valence-corrected chi connectivity index (χ0v) is 29.5. The highest BCUT2D eigenvalue weighted by atomic mass is 16.6. The number of ether oxygens (including phenoxy) is 3. The van der Waals surface area contributed by atoms with E-state index in [1.165, 1.54) is 0 Å². The molecular formula is C33H53NO16. The molecule has 7 N–H and O–H groups in total. The van der Waals surface area contributed by atoms with Crippen molar-refractivity contribution in [1.29, 1.82) is 0 Å². The number of carbonyl (C=O) groups excluding carboxylic acids is 3. The number of carboxylic acid groups (broad SMARTS) is 4. The Hall–Kier alpha value is -3.83. The van der Waals surface area contributed by atoms with Crippen molar-refractivity contribution in [2.75, 3.05) is 26.4 Å². The highest BCUT2D eigenvalue weighted by Crippen LogP contribution is 2.47. The summed E-state index contributed by atoms with van der Waals surface area (Å²) in [6.45, 7) is 9.81. The Kier molecular flexibility index (Phi) is 17.3. The van der Waals surface area contributed by atoms with Crippen LogP contribution in [0.15, 0.2) is 0 Å². The van der Waals surface area contributed by atoms with Crippen molar-refractivity contribution in [3.8, 4) is 0 Å². The molecule has 0 aromatic carbocycles. The fourth-order valence-corrected chi connectivity index (χ4v) is 5.21. The Bertz CT molecular complexity index is 1190. The fourth-order valence-electron chi connectivity index (χ4n) is 5.21. The van der Waals surface area contributed by atoms with Gasteiger partial charge in [0, 0.05) is 12.6 Å². The van der Waals surface area contributed by atoms with Crippen LogP contribution in [0.3, 0.4) is 0 Å². The molecule has 0 amide bonds. The first-order valence-corrected chi connectivity index (χ1v) is 16.6. The van der Waals surface area contributed by atoms with E-state index in [0.29, 0.717) is 32.2 Å². The van der Waals surface area contributed by atoms with Gasteiger partial charge >= 0.3 is 41.8 Å². The van der Waals surface area contributed by atoms with Crippen LogP contribution in [0.2, 0.25) is 0 Å². The Balaban J connectivity index is 0.000000515. The van der Waals surface area contributed by atoms with E-state index in [0.717, 1.165) is 12.8 Å². The third kappa shape index (κ3) is 12.8. The summed E-state index contributed by atoms with van der Waals surface area (Å²) in [5.74, 6) is -15.0. The van der Waals surface area contributed by atoms with Crippen molar-refractivity contribution < 1.29 is 78.4 Å². The number of nitrogens with one attached hydrogen (secondary N) is 1. The zero-order valence-electron chi connectivity index (χ0n) is 29.5. The Morgan fingerprint density at radius 3 is 1.36 bits per heavy atom. The molecule has 0 heterocycles. The number of aliphatic hydroxyl groups excluding tert-OH is 2. The van der Waals surface area contributed by atoms with Crippen LogP contribution in [0, 0.1) is 40.4 Å². The first-order chi connectivity index (χ1) is 23.1. The number of carboxylic acids is 4. The smallest absolute Gasteiger partial charge is 0.311 e. The van der Waals surface area contributed by atoms with Crippen LogP contribution in [-0.4, -0.2) is 117 Å². The van der Waals surface area contributed by atoms with E-state index in [1.807, 2.05) is 20.8 Å². The Morgan fingerprint density at radius 2 is 0.980 bits per heavy atom. The molecule has 286 valence electrons. The van der Waals surface area contributed by atoms with E-state index >= 15 is 0 Å². The van der Waals surface area contributed by atoms with Crippen LogP contribution >= 0.6 is 0 Å². The number of aliphatic hydroxyl groups is 2. The molecule has 2 saturated carbocycles. The third-order valence-corrected chi connectivity index (χ3v) is 9.50. The molecule has 4 atom stereocenters. The molecule has 0 saturated heterocycles. The fraction of sp³-hybridized carbons (Fsp3) is 0.788. The number of hydrogen-bond acceptors (Lipinski definition) is 13. The zero-order chi connectivity index (χ0) is 38.6. The minimum atomic E-state index is -1.77. The van der Waals surface area contributed by atoms with Gasteiger partial charge < -0.3 is 50.2 Å². The maximum Gasteiger partial charge on any atom is 0.311 e. The minimum Gasteiger partial charge on any atom is -0.481 e. The Morgan fingerprint density at radius 1 is 0.600 bits per heavy atom. The van der Waals surface area contributed by atoms with E-state index in [2.05, 4.69) is 5.32 Å². The molecule has 4 unspecified atom stereocenters. The summed E-state index contributed by atoms with van der Waals surface area (Å²) < 4.78 is 14.8. The number of rotatable bonds is 18. The molecule has 0 radical (unpaired) electrons. The molecule has 0 aromatic heterocycles. The van der Waals surface area contributed by atoms with E-state index in [1.54, 1.807) is 20.8 Å². The van der Waals surface area contributed by atoms with E-state index < -0.39 is 95.7 Å². The topological polar surface area (TPSA) is 281 Å². The number of esters is 3. The molecule has 0 bridgehead atoms. The second kappa shape index (κ2) is 19.5. The van der Waals surface area contributed by atoms with Gasteiger partial charge in [-0.1, -0.05) is 13.8 Å². The van der Waals surface area contributed by atoms with Gasteiger partial charge in [0.25, 0.3) is 0 Å². The van der Waals surface area contributed by atoms with Crippen LogP contribution in [-0.2, 0) is 47.8 Å². The average molecular weight is 720 g/mol. The number of aliphatic carboxylic acids is 4. The molecule has 2 aliphatic carbocycles. The highest BCUT2D eigenvalue weighted by molar-refractivity contribution is 5.96. The summed E-state index contributed by atoms with van der Waals surface area (Å²) in [6.07, 6.45) is 1.96. The molecule has 2 rings (SSSR count). The van der Waals surface area contributed by atoms with Gasteiger partial charge in [0.05, 0.1) is 40.4 Å². The van der Waals surface area contributed by atoms with Crippen LogP contribution in [0.4, 0.5) is 0 Å². The molecule has 2 aliphatic rings. The molecule has 0 aliphatic heterocycles. The molecule has 17 heteroatoms.